The summed E-state index contributed by atoms with van der Waals surface area (Å²) in [7, 11) is 0. The fourth-order valence-electron chi connectivity index (χ4n) is 9.51. The Bertz CT molecular complexity index is 3830. The Labute approximate surface area is 361 Å². The van der Waals surface area contributed by atoms with Crippen molar-refractivity contribution in [2.45, 2.75) is 0 Å². The topological polar surface area (TPSA) is 61.7 Å². The maximum atomic E-state index is 7.04. The lowest BCUT2D eigenvalue weighted by Crippen LogP contribution is -2.00. The first-order valence-corrected chi connectivity index (χ1v) is 21.2. The first-order valence-electron chi connectivity index (χ1n) is 21.2. The van der Waals surface area contributed by atoms with Crippen molar-refractivity contribution in [2.75, 3.05) is 0 Å². The van der Waals surface area contributed by atoms with E-state index in [0.717, 1.165) is 72.2 Å². The molecule has 0 bridgehead atoms. The second kappa shape index (κ2) is 14.0. The third-order valence-corrected chi connectivity index (χ3v) is 12.4. The van der Waals surface area contributed by atoms with Crippen LogP contribution < -0.4 is 0 Å². The quantitative estimate of drug-likeness (QED) is 0.168. The molecule has 0 fully saturated rings. The van der Waals surface area contributed by atoms with E-state index in [9.17, 15) is 0 Å². The number of hydrogen-bond donors (Lipinski definition) is 0. The Morgan fingerprint density at radius 1 is 0.286 bits per heavy atom. The summed E-state index contributed by atoms with van der Waals surface area (Å²) in [5.74, 6) is 1.78. The van der Waals surface area contributed by atoms with Gasteiger partial charge in [-0.2, -0.15) is 0 Å². The monoisotopic (exact) mass is 805 g/mol. The van der Waals surface area contributed by atoms with E-state index in [1.165, 1.54) is 32.6 Å². The van der Waals surface area contributed by atoms with Gasteiger partial charge in [-0.15, -0.1) is 0 Å². The van der Waals surface area contributed by atoms with Gasteiger partial charge in [0.25, 0.3) is 0 Å². The third-order valence-electron chi connectivity index (χ3n) is 12.4. The van der Waals surface area contributed by atoms with Gasteiger partial charge in [0.1, 0.15) is 11.2 Å². The lowest BCUT2D eigenvalue weighted by molar-refractivity contribution is 0.670. The van der Waals surface area contributed by atoms with Gasteiger partial charge in [-0.05, 0) is 66.2 Å². The summed E-state index contributed by atoms with van der Waals surface area (Å²) in [5, 5.41) is 6.83. The molecule has 13 rings (SSSR count). The molecule has 13 aromatic rings. The molecule has 0 unspecified atom stereocenters. The van der Waals surface area contributed by atoms with Crippen molar-refractivity contribution in [3.05, 3.63) is 212 Å². The van der Waals surface area contributed by atoms with Crippen LogP contribution in [0.1, 0.15) is 0 Å². The molecule has 294 valence electrons. The van der Waals surface area contributed by atoms with Crippen LogP contribution in [0.5, 0.6) is 0 Å². The molecule has 0 atom stereocenters. The van der Waals surface area contributed by atoms with E-state index in [4.69, 9.17) is 19.4 Å². The predicted octanol–water partition coefficient (Wildman–Crippen LogP) is 14.6. The first-order chi connectivity index (χ1) is 31.2. The van der Waals surface area contributed by atoms with Gasteiger partial charge in [-0.3, -0.25) is 0 Å². The lowest BCUT2D eigenvalue weighted by atomic mass is 9.99. The number of nitrogens with zero attached hydrogens (tertiary/aromatic N) is 5. The minimum absolute atomic E-state index is 0.559. The average Bonchev–Trinajstić information content (AvgIpc) is 4.01. The summed E-state index contributed by atoms with van der Waals surface area (Å²) in [5.41, 5.74) is 13.2. The lowest BCUT2D eigenvalue weighted by Gasteiger charge is -2.09. The molecule has 63 heavy (non-hydrogen) atoms. The van der Waals surface area contributed by atoms with Gasteiger partial charge in [0.2, 0.25) is 0 Å². The Kier molecular flexibility index (Phi) is 7.80. The van der Waals surface area contributed by atoms with Gasteiger partial charge in [0.05, 0.1) is 27.6 Å². The van der Waals surface area contributed by atoms with E-state index in [0.29, 0.717) is 17.5 Å². The smallest absolute Gasteiger partial charge is 0.167 e. The Morgan fingerprint density at radius 2 is 0.730 bits per heavy atom. The highest BCUT2D eigenvalue weighted by Crippen LogP contribution is 2.43. The zero-order chi connectivity index (χ0) is 41.4. The summed E-state index contributed by atoms with van der Waals surface area (Å²) < 4.78 is 11.8. The fraction of sp³-hybridized carbons (Fsp3) is 0. The zero-order valence-corrected chi connectivity index (χ0v) is 33.9. The maximum absolute atomic E-state index is 7.04. The summed E-state index contributed by atoms with van der Waals surface area (Å²) in [4.78, 5) is 15.1. The highest BCUT2D eigenvalue weighted by molar-refractivity contribution is 6.20. The summed E-state index contributed by atoms with van der Waals surface area (Å²) in [6.45, 7) is 0. The Hall–Kier alpha value is -8.61. The van der Waals surface area contributed by atoms with E-state index >= 15 is 0 Å². The number of furan rings is 1. The van der Waals surface area contributed by atoms with Crippen molar-refractivity contribution >= 4 is 65.6 Å². The van der Waals surface area contributed by atoms with Crippen LogP contribution in [0.3, 0.4) is 0 Å². The Morgan fingerprint density at radius 3 is 1.33 bits per heavy atom. The summed E-state index contributed by atoms with van der Waals surface area (Å²) in [6.07, 6.45) is 0. The van der Waals surface area contributed by atoms with Crippen molar-refractivity contribution in [1.29, 1.82) is 0 Å². The molecule has 0 amide bonds. The molecule has 0 N–H and O–H groups in total. The normalized spacial score (nSPS) is 11.8. The molecule has 0 radical (unpaired) electrons. The fourth-order valence-corrected chi connectivity index (χ4v) is 9.51. The van der Waals surface area contributed by atoms with Crippen molar-refractivity contribution in [3.8, 4) is 56.7 Å². The summed E-state index contributed by atoms with van der Waals surface area (Å²) >= 11 is 0. The van der Waals surface area contributed by atoms with E-state index in [2.05, 4.69) is 155 Å². The summed E-state index contributed by atoms with van der Waals surface area (Å²) in [6, 6.07) is 74.5. The van der Waals surface area contributed by atoms with Crippen molar-refractivity contribution in [3.63, 3.8) is 0 Å². The molecule has 0 aliphatic heterocycles. The molecular formula is C57H35N5O. The van der Waals surface area contributed by atoms with Crippen LogP contribution in [0, 0.1) is 0 Å². The largest absolute Gasteiger partial charge is 0.455 e. The highest BCUT2D eigenvalue weighted by Gasteiger charge is 2.22. The van der Waals surface area contributed by atoms with Crippen LogP contribution in [0.15, 0.2) is 217 Å². The highest BCUT2D eigenvalue weighted by atomic mass is 16.3. The van der Waals surface area contributed by atoms with Crippen LogP contribution in [-0.4, -0.2) is 24.1 Å². The molecule has 0 saturated heterocycles. The standard InChI is InChI=1S/C57H35N5O/c1-5-17-36(18-6-1)55-58-56(37-19-7-2-8-20-37)60-57(59-55)45-29-16-28-44-43-27-15-26-41(53(43)63-54(44)45)38-31-32-50-46(33-38)48-35-51-47(34-52(48)62(50)40-23-11-4-12-24-40)42-25-13-14-30-49(42)61(51)39-21-9-3-10-22-39/h1-35H. The van der Waals surface area contributed by atoms with Crippen LogP contribution in [0.25, 0.3) is 122 Å². The molecule has 4 aromatic heterocycles. The van der Waals surface area contributed by atoms with E-state index < -0.39 is 0 Å². The first kappa shape index (κ1) is 35.2. The van der Waals surface area contributed by atoms with Crippen molar-refractivity contribution in [1.82, 2.24) is 24.1 Å². The molecule has 0 saturated carbocycles. The van der Waals surface area contributed by atoms with Crippen molar-refractivity contribution in [2.24, 2.45) is 0 Å². The molecule has 6 nitrogen and oxygen atoms in total. The molecule has 0 aliphatic carbocycles. The van der Waals surface area contributed by atoms with Crippen LogP contribution in [0.4, 0.5) is 0 Å². The van der Waals surface area contributed by atoms with Crippen LogP contribution in [0.2, 0.25) is 0 Å². The minimum Gasteiger partial charge on any atom is -0.455 e. The van der Waals surface area contributed by atoms with E-state index in [1.54, 1.807) is 0 Å². The second-order valence-electron chi connectivity index (χ2n) is 16.0. The van der Waals surface area contributed by atoms with Gasteiger partial charge >= 0.3 is 0 Å². The van der Waals surface area contributed by atoms with Gasteiger partial charge in [-0.1, -0.05) is 152 Å². The van der Waals surface area contributed by atoms with E-state index in [-0.39, 0.29) is 0 Å². The van der Waals surface area contributed by atoms with Crippen LogP contribution in [-0.2, 0) is 0 Å². The number of para-hydroxylation sites is 5. The number of hydrogen-bond acceptors (Lipinski definition) is 4. The molecule has 9 aromatic carbocycles. The maximum Gasteiger partial charge on any atom is 0.167 e. The predicted molar refractivity (Wildman–Crippen MR) is 258 cm³/mol. The molecular weight excluding hydrogens is 771 g/mol. The van der Waals surface area contributed by atoms with Gasteiger partial charge in [0, 0.05) is 60.4 Å². The number of rotatable bonds is 6. The Balaban J connectivity index is 1.04. The average molecular weight is 806 g/mol. The van der Waals surface area contributed by atoms with Crippen molar-refractivity contribution < 1.29 is 4.42 Å². The molecule has 4 heterocycles. The number of fused-ring (bicyclic) bond motifs is 9. The van der Waals surface area contributed by atoms with Gasteiger partial charge in [-0.25, -0.2) is 15.0 Å². The van der Waals surface area contributed by atoms with Crippen LogP contribution >= 0.6 is 0 Å². The van der Waals surface area contributed by atoms with Gasteiger partial charge in [0.15, 0.2) is 17.5 Å². The molecule has 0 aliphatic rings. The second-order valence-corrected chi connectivity index (χ2v) is 16.0. The zero-order valence-electron chi connectivity index (χ0n) is 33.9. The third kappa shape index (κ3) is 5.55. The SMILES string of the molecule is c1ccc(-c2nc(-c3ccccc3)nc(-c3cccc4c3oc3c(-c5ccc6c(c5)c5cc7c(cc5n6-c5ccccc5)c5ccccc5n7-c5ccccc5)cccc34)n2)cc1. The number of aromatic nitrogens is 5. The minimum atomic E-state index is 0.559. The molecule has 6 heteroatoms. The molecule has 0 spiro atoms. The van der Waals surface area contributed by atoms with E-state index in [1.807, 2.05) is 66.7 Å². The van der Waals surface area contributed by atoms with Gasteiger partial charge < -0.3 is 13.6 Å². The number of benzene rings is 9.